The number of hydrogen-bond donors (Lipinski definition) is 1. The Balaban J connectivity index is 1.95. The smallest absolute Gasteiger partial charge is 0.407 e. The number of urea groups is 1. The van der Waals surface area contributed by atoms with Gasteiger partial charge in [0, 0.05) is 37.7 Å². The zero-order valence-electron chi connectivity index (χ0n) is 27.8. The first-order chi connectivity index (χ1) is 21.6. The number of halogens is 2. The van der Waals surface area contributed by atoms with Gasteiger partial charge in [0.2, 0.25) is 0 Å². The highest BCUT2D eigenvalue weighted by Gasteiger charge is 2.50. The van der Waals surface area contributed by atoms with Gasteiger partial charge in [-0.05, 0) is 91.0 Å². The summed E-state index contributed by atoms with van der Waals surface area (Å²) in [5.74, 6) is -1.29. The third kappa shape index (κ3) is 9.75. The lowest BCUT2D eigenvalue weighted by Gasteiger charge is -2.42. The summed E-state index contributed by atoms with van der Waals surface area (Å²) in [4.78, 5) is 37.9. The summed E-state index contributed by atoms with van der Waals surface area (Å²) in [7, 11) is 1.68. The first-order valence-corrected chi connectivity index (χ1v) is 16.3. The molecule has 9 nitrogen and oxygen atoms in total. The summed E-state index contributed by atoms with van der Waals surface area (Å²) in [6.45, 7) is 11.7. The van der Waals surface area contributed by atoms with Gasteiger partial charge in [0.15, 0.2) is 0 Å². The normalized spacial score (nSPS) is 17.3. The van der Waals surface area contributed by atoms with Gasteiger partial charge in [-0.1, -0.05) is 42.1 Å². The molecule has 2 atom stereocenters. The number of carbonyl (C=O) groups is 3. The van der Waals surface area contributed by atoms with Crippen LogP contribution in [0.2, 0.25) is 0 Å². The molecular formula is C34H46F2N4O5S. The quantitative estimate of drug-likeness (QED) is 0.167. The number of benzene rings is 2. The van der Waals surface area contributed by atoms with Crippen LogP contribution in [0.3, 0.4) is 0 Å². The van der Waals surface area contributed by atoms with Crippen LogP contribution in [0.15, 0.2) is 53.6 Å². The number of amides is 3. The third-order valence-corrected chi connectivity index (χ3v) is 9.17. The third-order valence-electron chi connectivity index (χ3n) is 7.73. The Kier molecular flexibility index (Phi) is 12.7. The van der Waals surface area contributed by atoms with Crippen molar-refractivity contribution < 1.29 is 32.6 Å². The molecule has 1 unspecified atom stereocenters. The van der Waals surface area contributed by atoms with E-state index in [1.54, 1.807) is 32.7 Å². The summed E-state index contributed by atoms with van der Waals surface area (Å²) in [6, 6.07) is 12.0. The van der Waals surface area contributed by atoms with Crippen LogP contribution in [0.1, 0.15) is 84.8 Å². The maximum absolute atomic E-state index is 15.1. The Hall–Kier alpha value is -3.51. The van der Waals surface area contributed by atoms with Crippen LogP contribution in [-0.4, -0.2) is 70.8 Å². The number of ether oxygens (including phenoxy) is 2. The largest absolute Gasteiger partial charge is 0.444 e. The van der Waals surface area contributed by atoms with Gasteiger partial charge in [-0.2, -0.15) is 10.1 Å². The molecule has 0 saturated heterocycles. The van der Waals surface area contributed by atoms with E-state index in [9.17, 15) is 18.8 Å². The number of aldehydes is 1. The first-order valence-electron chi connectivity index (χ1n) is 15.5. The second-order valence-electron chi connectivity index (χ2n) is 13.0. The molecule has 3 amide bonds. The molecule has 12 heteroatoms. The number of hydrogen-bond acceptors (Lipinski definition) is 7. The zero-order chi connectivity index (χ0) is 34.1. The van der Waals surface area contributed by atoms with Crippen molar-refractivity contribution in [3.8, 4) is 0 Å². The summed E-state index contributed by atoms with van der Waals surface area (Å²) in [5.41, 5.74) is -0.658. The minimum Gasteiger partial charge on any atom is -0.444 e. The van der Waals surface area contributed by atoms with E-state index in [-0.39, 0.29) is 23.3 Å². The highest BCUT2D eigenvalue weighted by molar-refractivity contribution is 8.15. The molecule has 0 aliphatic carbocycles. The van der Waals surface area contributed by atoms with Crippen LogP contribution in [0, 0.1) is 11.6 Å². The number of alkyl carbamates (subject to hydrolysis) is 1. The number of thioether (sulfide) groups is 1. The standard InChI is InChI=1S/C34H46F2N4O5S/c1-24(13-11-21-41)44-22-19-33(5,6)39(7)31(43)40-34(25-14-9-8-10-15-25,18-12-20-37-30(42)45-32(2,3)4)46-29(38-40)27-23-26(35)16-17-28(27)36/h8-10,14-17,21,23-24H,11-13,18-20,22H2,1-7H3,(H,37,42)/t24?,34-/m0/s1. The highest BCUT2D eigenvalue weighted by atomic mass is 32.2. The number of nitrogens with zero attached hydrogens (tertiary/aromatic N) is 3. The molecule has 0 spiro atoms. The van der Waals surface area contributed by atoms with Crippen molar-refractivity contribution in [3.05, 3.63) is 71.3 Å². The summed E-state index contributed by atoms with van der Waals surface area (Å²) in [6.07, 6.45) is 2.45. The Labute approximate surface area is 275 Å². The average molecular weight is 661 g/mol. The van der Waals surface area contributed by atoms with E-state index in [1.165, 1.54) is 16.8 Å². The lowest BCUT2D eigenvalue weighted by atomic mass is 9.98. The maximum Gasteiger partial charge on any atom is 0.407 e. The molecule has 1 aliphatic heterocycles. The van der Waals surface area contributed by atoms with Crippen LogP contribution in [-0.2, 0) is 19.1 Å². The molecule has 1 heterocycles. The SMILES string of the molecule is CC(CCC=O)OCCC(C)(C)N(C)C(=O)N1N=C(c2cc(F)ccc2F)S[C@@]1(CCCNC(=O)OC(C)(C)C)c1ccccc1. The van der Waals surface area contributed by atoms with Gasteiger partial charge >= 0.3 is 12.1 Å². The Bertz CT molecular complexity index is 1390. The molecular weight excluding hydrogens is 614 g/mol. The maximum atomic E-state index is 15.1. The molecule has 0 aromatic heterocycles. The number of hydrazone groups is 1. The highest BCUT2D eigenvalue weighted by Crippen LogP contribution is 2.51. The molecule has 0 bridgehead atoms. The number of carbonyl (C=O) groups excluding carboxylic acids is 3. The van der Waals surface area contributed by atoms with E-state index in [0.29, 0.717) is 38.7 Å². The average Bonchev–Trinajstić information content (AvgIpc) is 3.38. The molecule has 1 aliphatic rings. The predicted octanol–water partition coefficient (Wildman–Crippen LogP) is 7.44. The van der Waals surface area contributed by atoms with Crippen molar-refractivity contribution in [1.82, 2.24) is 15.2 Å². The van der Waals surface area contributed by atoms with Gasteiger partial charge in [0.25, 0.3) is 0 Å². The Morgan fingerprint density at radius 2 is 1.83 bits per heavy atom. The van der Waals surface area contributed by atoms with Gasteiger partial charge in [0.05, 0.1) is 6.10 Å². The Morgan fingerprint density at radius 1 is 1.13 bits per heavy atom. The van der Waals surface area contributed by atoms with E-state index in [1.807, 2.05) is 51.1 Å². The lowest BCUT2D eigenvalue weighted by Crippen LogP contribution is -2.54. The van der Waals surface area contributed by atoms with Gasteiger partial charge < -0.3 is 24.5 Å². The molecule has 2 aromatic rings. The van der Waals surface area contributed by atoms with Crippen LogP contribution >= 0.6 is 11.8 Å². The fourth-order valence-corrected chi connectivity index (χ4v) is 6.26. The van der Waals surface area contributed by atoms with E-state index in [2.05, 4.69) is 10.4 Å². The molecule has 0 fully saturated rings. The van der Waals surface area contributed by atoms with E-state index in [0.717, 1.165) is 30.0 Å². The van der Waals surface area contributed by atoms with Crippen molar-refractivity contribution >= 4 is 35.2 Å². The van der Waals surface area contributed by atoms with Crippen molar-refractivity contribution in [2.75, 3.05) is 20.2 Å². The van der Waals surface area contributed by atoms with Crippen LogP contribution in [0.25, 0.3) is 0 Å². The fraction of sp³-hybridized carbons (Fsp3) is 0.529. The lowest BCUT2D eigenvalue weighted by molar-refractivity contribution is -0.108. The van der Waals surface area contributed by atoms with Crippen molar-refractivity contribution in [2.45, 2.75) is 95.8 Å². The number of nitrogens with one attached hydrogen (secondary N) is 1. The predicted molar refractivity (Wildman–Crippen MR) is 176 cm³/mol. The molecule has 252 valence electrons. The van der Waals surface area contributed by atoms with Crippen LogP contribution in [0.4, 0.5) is 18.4 Å². The van der Waals surface area contributed by atoms with Crippen molar-refractivity contribution in [2.24, 2.45) is 5.10 Å². The summed E-state index contributed by atoms with van der Waals surface area (Å²) >= 11 is 1.17. The van der Waals surface area contributed by atoms with E-state index in [4.69, 9.17) is 9.47 Å². The van der Waals surface area contributed by atoms with Crippen molar-refractivity contribution in [3.63, 3.8) is 0 Å². The van der Waals surface area contributed by atoms with E-state index >= 15 is 4.39 Å². The monoisotopic (exact) mass is 660 g/mol. The van der Waals surface area contributed by atoms with Crippen molar-refractivity contribution in [1.29, 1.82) is 0 Å². The zero-order valence-corrected chi connectivity index (χ0v) is 28.6. The molecule has 2 aromatic carbocycles. The fourth-order valence-electron chi connectivity index (χ4n) is 4.84. The van der Waals surface area contributed by atoms with Gasteiger partial charge in [-0.3, -0.25) is 0 Å². The second kappa shape index (κ2) is 15.9. The molecule has 0 radical (unpaired) electrons. The first kappa shape index (κ1) is 37.0. The summed E-state index contributed by atoms with van der Waals surface area (Å²) in [5, 5.41) is 8.95. The molecule has 3 rings (SSSR count). The minimum absolute atomic E-state index is 0.0490. The number of rotatable bonds is 14. The van der Waals surface area contributed by atoms with Crippen LogP contribution < -0.4 is 5.32 Å². The summed E-state index contributed by atoms with van der Waals surface area (Å²) < 4.78 is 40.7. The molecule has 0 saturated carbocycles. The van der Waals surface area contributed by atoms with Crippen LogP contribution in [0.5, 0.6) is 0 Å². The second-order valence-corrected chi connectivity index (χ2v) is 14.2. The Morgan fingerprint density at radius 3 is 2.48 bits per heavy atom. The van der Waals surface area contributed by atoms with Gasteiger partial charge in [-0.25, -0.2) is 18.4 Å². The minimum atomic E-state index is -1.15. The molecule has 1 N–H and O–H groups in total. The topological polar surface area (TPSA) is 101 Å². The molecule has 46 heavy (non-hydrogen) atoms. The van der Waals surface area contributed by atoms with E-state index < -0.39 is 39.8 Å². The van der Waals surface area contributed by atoms with Gasteiger partial charge in [-0.15, -0.1) is 0 Å². The van der Waals surface area contributed by atoms with Gasteiger partial charge in [0.1, 0.15) is 33.4 Å².